The van der Waals surface area contributed by atoms with Crippen molar-refractivity contribution in [1.82, 2.24) is 5.32 Å². The van der Waals surface area contributed by atoms with E-state index in [1.54, 1.807) is 6.92 Å². The number of oxime groups is 1. The van der Waals surface area contributed by atoms with E-state index in [9.17, 15) is 4.79 Å². The summed E-state index contributed by atoms with van der Waals surface area (Å²) in [6, 6.07) is 0. The Kier molecular flexibility index (Phi) is 5.76. The number of rotatable bonds is 4. The molecule has 0 aromatic heterocycles. The molecule has 5 heteroatoms. The average Bonchev–Trinajstić information content (AvgIpc) is 3.39. The van der Waals surface area contributed by atoms with Gasteiger partial charge >= 0.3 is 5.97 Å². The lowest BCUT2D eigenvalue weighted by Gasteiger charge is -2.61. The lowest BCUT2D eigenvalue weighted by Crippen LogP contribution is -2.57. The van der Waals surface area contributed by atoms with Gasteiger partial charge in [-0.25, -0.2) is 0 Å². The second-order valence-electron chi connectivity index (χ2n) is 11.5. The molecule has 5 unspecified atom stereocenters. The van der Waals surface area contributed by atoms with Crippen molar-refractivity contribution in [2.45, 2.75) is 77.7 Å². The molecule has 7 atom stereocenters. The Morgan fingerprint density at radius 2 is 2.00 bits per heavy atom. The molecule has 5 fully saturated rings. The molecule has 0 spiro atoms. The molecular formula is C27H40N2O3. The molecule has 5 nitrogen and oxygen atoms in total. The largest absolute Gasteiger partial charge is 0.465 e. The van der Waals surface area contributed by atoms with Crippen molar-refractivity contribution in [2.75, 3.05) is 19.7 Å². The van der Waals surface area contributed by atoms with Crippen LogP contribution in [-0.2, 0) is 14.4 Å². The zero-order valence-corrected chi connectivity index (χ0v) is 20.0. The predicted octanol–water partition coefficient (Wildman–Crippen LogP) is 5.03. The summed E-state index contributed by atoms with van der Waals surface area (Å²) in [5.74, 6) is 2.07. The standard InChI is InChI=1S/C27H40N2O3/c1-17-13-22-23-6-5-18(2)26(23,4)10-8-24(22)27(16-31-19(3)30)11-7-20(14-25(17)27)29-32-21-9-12-28-15-21/h21-25,28H,1-2,5-16H2,3-4H3/t21?,22?,23?,24?,25?,26-,27+/m1/s1. The quantitative estimate of drug-likeness (QED) is 0.378. The number of allylic oxidation sites excluding steroid dienone is 2. The van der Waals surface area contributed by atoms with Gasteiger partial charge in [0, 0.05) is 25.3 Å². The average molecular weight is 441 g/mol. The molecule has 1 saturated heterocycles. The number of carbonyl (C=O) groups excluding carboxylic acids is 1. The van der Waals surface area contributed by atoms with Gasteiger partial charge in [0.05, 0.1) is 12.3 Å². The van der Waals surface area contributed by atoms with Crippen molar-refractivity contribution in [2.24, 2.45) is 39.7 Å². The highest BCUT2D eigenvalue weighted by Gasteiger charge is 2.61. The summed E-state index contributed by atoms with van der Waals surface area (Å²) >= 11 is 0. The van der Waals surface area contributed by atoms with Crippen LogP contribution >= 0.6 is 0 Å². The molecule has 176 valence electrons. The highest BCUT2D eigenvalue weighted by atomic mass is 16.6. The summed E-state index contributed by atoms with van der Waals surface area (Å²) in [5.41, 5.74) is 4.23. The van der Waals surface area contributed by atoms with Gasteiger partial charge in [0.1, 0.15) is 6.10 Å². The van der Waals surface area contributed by atoms with Gasteiger partial charge in [-0.2, -0.15) is 0 Å². The molecule has 4 aliphatic carbocycles. The fourth-order valence-corrected chi connectivity index (χ4v) is 8.19. The van der Waals surface area contributed by atoms with Crippen LogP contribution in [0.3, 0.4) is 0 Å². The van der Waals surface area contributed by atoms with Crippen molar-refractivity contribution >= 4 is 11.7 Å². The summed E-state index contributed by atoms with van der Waals surface area (Å²) in [4.78, 5) is 17.8. The van der Waals surface area contributed by atoms with Crippen LogP contribution in [0.25, 0.3) is 0 Å². The minimum atomic E-state index is -0.169. The molecule has 0 aromatic rings. The third kappa shape index (κ3) is 3.55. The maximum Gasteiger partial charge on any atom is 0.302 e. The first-order chi connectivity index (χ1) is 15.3. The number of hydrogen-bond donors (Lipinski definition) is 1. The Morgan fingerprint density at radius 3 is 2.75 bits per heavy atom. The van der Waals surface area contributed by atoms with Crippen molar-refractivity contribution in [3.05, 3.63) is 24.3 Å². The zero-order chi connectivity index (χ0) is 22.5. The Balaban J connectivity index is 1.42. The molecule has 0 radical (unpaired) electrons. The molecule has 1 heterocycles. The monoisotopic (exact) mass is 440 g/mol. The number of hydrogen-bond acceptors (Lipinski definition) is 5. The van der Waals surface area contributed by atoms with Crippen LogP contribution in [0.15, 0.2) is 29.5 Å². The number of carbonyl (C=O) groups is 1. The molecule has 0 bridgehead atoms. The van der Waals surface area contributed by atoms with Crippen molar-refractivity contribution in [1.29, 1.82) is 0 Å². The van der Waals surface area contributed by atoms with Gasteiger partial charge in [0.25, 0.3) is 0 Å². The van der Waals surface area contributed by atoms with Gasteiger partial charge in [-0.1, -0.05) is 36.4 Å². The third-order valence-electron chi connectivity index (χ3n) is 10.0. The smallest absolute Gasteiger partial charge is 0.302 e. The van der Waals surface area contributed by atoms with E-state index < -0.39 is 0 Å². The van der Waals surface area contributed by atoms with E-state index in [0.29, 0.717) is 30.3 Å². The molecule has 32 heavy (non-hydrogen) atoms. The summed E-state index contributed by atoms with van der Waals surface area (Å²) < 4.78 is 5.80. The van der Waals surface area contributed by atoms with Crippen LogP contribution in [0.1, 0.15) is 71.6 Å². The van der Waals surface area contributed by atoms with E-state index in [4.69, 9.17) is 9.57 Å². The van der Waals surface area contributed by atoms with E-state index in [1.807, 2.05) is 0 Å². The molecule has 4 saturated carbocycles. The van der Waals surface area contributed by atoms with Crippen LogP contribution < -0.4 is 5.32 Å². The molecule has 1 aliphatic heterocycles. The summed E-state index contributed by atoms with van der Waals surface area (Å²) in [7, 11) is 0. The predicted molar refractivity (Wildman–Crippen MR) is 126 cm³/mol. The maximum atomic E-state index is 11.9. The first-order valence-electron chi connectivity index (χ1n) is 12.7. The SMILES string of the molecule is C=C1CC2C(CC[C@]3(C)C(=C)CCC23)[C@@]2(COC(C)=O)CCC(=NOC3CCNC3)CC12. The Labute approximate surface area is 193 Å². The van der Waals surface area contributed by atoms with Crippen LogP contribution in [0.2, 0.25) is 0 Å². The molecular weight excluding hydrogens is 400 g/mol. The number of nitrogens with zero attached hydrogens (tertiary/aromatic N) is 1. The van der Waals surface area contributed by atoms with E-state index in [2.05, 4.69) is 30.6 Å². The Bertz CT molecular complexity index is 829. The molecule has 5 aliphatic rings. The van der Waals surface area contributed by atoms with Gasteiger partial charge in [-0.05, 0) is 87.0 Å². The Morgan fingerprint density at radius 1 is 1.16 bits per heavy atom. The minimum absolute atomic E-state index is 0.00907. The van der Waals surface area contributed by atoms with Gasteiger partial charge < -0.3 is 14.9 Å². The molecule has 5 rings (SSSR count). The highest BCUT2D eigenvalue weighted by molar-refractivity contribution is 5.85. The van der Waals surface area contributed by atoms with Gasteiger partial charge in [-0.15, -0.1) is 0 Å². The number of fused-ring (bicyclic) bond motifs is 5. The van der Waals surface area contributed by atoms with Gasteiger partial charge in [0.2, 0.25) is 0 Å². The zero-order valence-electron chi connectivity index (χ0n) is 20.0. The van der Waals surface area contributed by atoms with Crippen molar-refractivity contribution in [3.63, 3.8) is 0 Å². The van der Waals surface area contributed by atoms with E-state index in [0.717, 1.165) is 50.9 Å². The van der Waals surface area contributed by atoms with E-state index in [-0.39, 0.29) is 22.9 Å². The summed E-state index contributed by atoms with van der Waals surface area (Å²) in [6.45, 7) is 15.5. The van der Waals surface area contributed by atoms with Crippen LogP contribution in [0, 0.1) is 34.5 Å². The number of ether oxygens (including phenoxy) is 1. The van der Waals surface area contributed by atoms with Crippen molar-refractivity contribution < 1.29 is 14.4 Å². The molecule has 0 aromatic carbocycles. The topological polar surface area (TPSA) is 59.9 Å². The Hall–Kier alpha value is -1.62. The highest BCUT2D eigenvalue weighted by Crippen LogP contribution is 2.67. The third-order valence-corrected chi connectivity index (χ3v) is 10.0. The first kappa shape index (κ1) is 22.2. The van der Waals surface area contributed by atoms with Crippen molar-refractivity contribution in [3.8, 4) is 0 Å². The molecule has 1 N–H and O–H groups in total. The van der Waals surface area contributed by atoms with E-state index in [1.165, 1.54) is 36.8 Å². The lowest BCUT2D eigenvalue weighted by atomic mass is 9.44. The first-order valence-corrected chi connectivity index (χ1v) is 12.7. The lowest BCUT2D eigenvalue weighted by molar-refractivity contribution is -0.156. The van der Waals surface area contributed by atoms with Crippen LogP contribution in [0.4, 0.5) is 0 Å². The van der Waals surface area contributed by atoms with E-state index >= 15 is 0 Å². The number of nitrogens with one attached hydrogen (secondary N) is 1. The normalized spacial score (nSPS) is 44.7. The number of esters is 1. The summed E-state index contributed by atoms with van der Waals surface area (Å²) in [5, 5.41) is 7.95. The van der Waals surface area contributed by atoms with Gasteiger partial charge in [-0.3, -0.25) is 4.79 Å². The second-order valence-corrected chi connectivity index (χ2v) is 11.5. The maximum absolute atomic E-state index is 11.9. The minimum Gasteiger partial charge on any atom is -0.465 e. The fraction of sp³-hybridized carbons (Fsp3) is 0.778. The summed E-state index contributed by atoms with van der Waals surface area (Å²) in [6.07, 6.45) is 10.0. The molecule has 0 amide bonds. The van der Waals surface area contributed by atoms with Gasteiger partial charge in [0.15, 0.2) is 0 Å². The second kappa shape index (κ2) is 8.30. The van der Waals surface area contributed by atoms with Crippen LogP contribution in [0.5, 0.6) is 0 Å². The fourth-order valence-electron chi connectivity index (χ4n) is 8.19. The van der Waals surface area contributed by atoms with Crippen LogP contribution in [-0.4, -0.2) is 37.5 Å².